The first-order valence-corrected chi connectivity index (χ1v) is 7.00. The summed E-state index contributed by atoms with van der Waals surface area (Å²) in [5.41, 5.74) is 3.29. The van der Waals surface area contributed by atoms with Crippen LogP contribution in [0.15, 0.2) is 29.0 Å². The van der Waals surface area contributed by atoms with E-state index in [0.29, 0.717) is 5.92 Å². The summed E-state index contributed by atoms with van der Waals surface area (Å²) in [6.45, 7) is 2.17. The molecule has 0 aromatic carbocycles. The van der Waals surface area contributed by atoms with Crippen molar-refractivity contribution in [1.82, 2.24) is 20.5 Å². The third-order valence-electron chi connectivity index (χ3n) is 3.43. The number of halogens is 1. The van der Waals surface area contributed by atoms with Gasteiger partial charge in [-0.05, 0) is 54.0 Å². The molecule has 0 saturated carbocycles. The minimum atomic E-state index is 0.573. The fourth-order valence-corrected chi connectivity index (χ4v) is 3.15. The summed E-state index contributed by atoms with van der Waals surface area (Å²) in [6, 6.07) is 3.96. The Hall–Kier alpha value is -1.20. The number of aromatic amines is 1. The highest BCUT2D eigenvalue weighted by Gasteiger charge is 2.22. The third-order valence-corrected chi connectivity index (χ3v) is 4.24. The Balaban J connectivity index is 1.92. The maximum Gasteiger partial charge on any atom is 0.107 e. The standard InChI is InChI=1S/C13H15BrN4/c14-11-12(9-1-5-15-6-2-9)17-18-13(11)10-3-7-16-8-4-10/h1-2,5-6,10,16H,3-4,7-8H2,(H,17,18). The molecule has 0 aliphatic carbocycles. The maximum absolute atomic E-state index is 4.44. The van der Waals surface area contributed by atoms with E-state index in [1.807, 2.05) is 12.1 Å². The lowest BCUT2D eigenvalue weighted by Crippen LogP contribution is -2.26. The molecule has 94 valence electrons. The summed E-state index contributed by atoms with van der Waals surface area (Å²) in [5.74, 6) is 0.573. The molecule has 2 aromatic rings. The van der Waals surface area contributed by atoms with Crippen molar-refractivity contribution in [2.24, 2.45) is 0 Å². The summed E-state index contributed by atoms with van der Waals surface area (Å²) < 4.78 is 1.10. The van der Waals surface area contributed by atoms with Gasteiger partial charge in [-0.3, -0.25) is 10.1 Å². The zero-order valence-corrected chi connectivity index (χ0v) is 11.6. The zero-order chi connectivity index (χ0) is 12.4. The van der Waals surface area contributed by atoms with E-state index in [2.05, 4.69) is 36.4 Å². The highest BCUT2D eigenvalue weighted by atomic mass is 79.9. The largest absolute Gasteiger partial charge is 0.317 e. The number of nitrogens with zero attached hydrogens (tertiary/aromatic N) is 2. The van der Waals surface area contributed by atoms with Gasteiger partial charge in [-0.1, -0.05) is 0 Å². The highest BCUT2D eigenvalue weighted by molar-refractivity contribution is 9.10. The molecular formula is C13H15BrN4. The molecule has 3 rings (SSSR count). The fraction of sp³-hybridized carbons (Fsp3) is 0.385. The minimum Gasteiger partial charge on any atom is -0.317 e. The van der Waals surface area contributed by atoms with Crippen molar-refractivity contribution < 1.29 is 0 Å². The molecule has 0 unspecified atom stereocenters. The first-order valence-electron chi connectivity index (χ1n) is 6.21. The molecule has 1 saturated heterocycles. The van der Waals surface area contributed by atoms with Gasteiger partial charge in [-0.25, -0.2) is 0 Å². The fourth-order valence-electron chi connectivity index (χ4n) is 2.42. The van der Waals surface area contributed by atoms with Gasteiger partial charge in [0.05, 0.1) is 10.2 Å². The van der Waals surface area contributed by atoms with Crippen LogP contribution in [0.5, 0.6) is 0 Å². The van der Waals surface area contributed by atoms with Crippen LogP contribution in [0.1, 0.15) is 24.5 Å². The Bertz CT molecular complexity index is 517. The van der Waals surface area contributed by atoms with Gasteiger partial charge in [0.25, 0.3) is 0 Å². The summed E-state index contributed by atoms with van der Waals surface area (Å²) in [7, 11) is 0. The lowest BCUT2D eigenvalue weighted by atomic mass is 9.94. The number of rotatable bonds is 2. The van der Waals surface area contributed by atoms with E-state index < -0.39 is 0 Å². The van der Waals surface area contributed by atoms with Gasteiger partial charge < -0.3 is 5.32 Å². The molecule has 3 heterocycles. The van der Waals surface area contributed by atoms with Crippen LogP contribution < -0.4 is 5.32 Å². The topological polar surface area (TPSA) is 53.6 Å². The van der Waals surface area contributed by atoms with Gasteiger partial charge in [0.15, 0.2) is 0 Å². The summed E-state index contributed by atoms with van der Waals surface area (Å²) in [6.07, 6.45) is 5.91. The molecule has 1 aliphatic heterocycles. The van der Waals surface area contributed by atoms with Crippen LogP contribution in [-0.4, -0.2) is 28.3 Å². The monoisotopic (exact) mass is 306 g/mol. The zero-order valence-electron chi connectivity index (χ0n) is 9.99. The summed E-state index contributed by atoms with van der Waals surface area (Å²) in [5, 5.41) is 11.0. The van der Waals surface area contributed by atoms with Gasteiger partial charge in [0.1, 0.15) is 5.69 Å². The van der Waals surface area contributed by atoms with Gasteiger partial charge in [-0.15, -0.1) is 0 Å². The second kappa shape index (κ2) is 5.20. The molecule has 1 fully saturated rings. The Morgan fingerprint density at radius 2 is 1.89 bits per heavy atom. The molecule has 1 aliphatic rings. The number of pyridine rings is 1. The molecule has 0 radical (unpaired) electrons. The van der Waals surface area contributed by atoms with Crippen molar-refractivity contribution in [3.8, 4) is 11.3 Å². The number of H-pyrrole nitrogens is 1. The van der Waals surface area contributed by atoms with Crippen molar-refractivity contribution in [2.75, 3.05) is 13.1 Å². The lowest BCUT2D eigenvalue weighted by molar-refractivity contribution is 0.452. The van der Waals surface area contributed by atoms with E-state index in [1.54, 1.807) is 12.4 Å². The third kappa shape index (κ3) is 2.20. The number of nitrogens with one attached hydrogen (secondary N) is 2. The number of aromatic nitrogens is 3. The predicted octanol–water partition coefficient (Wildman–Crippen LogP) is 2.70. The second-order valence-corrected chi connectivity index (χ2v) is 5.35. The Morgan fingerprint density at radius 1 is 1.17 bits per heavy atom. The second-order valence-electron chi connectivity index (χ2n) is 4.56. The number of piperidine rings is 1. The van der Waals surface area contributed by atoms with Crippen LogP contribution >= 0.6 is 15.9 Å². The average Bonchev–Trinajstić information content (AvgIpc) is 2.83. The van der Waals surface area contributed by atoms with Crippen molar-refractivity contribution in [1.29, 1.82) is 0 Å². The van der Waals surface area contributed by atoms with Crippen molar-refractivity contribution in [2.45, 2.75) is 18.8 Å². The van der Waals surface area contributed by atoms with Gasteiger partial charge >= 0.3 is 0 Å². The molecule has 0 atom stereocenters. The predicted molar refractivity (Wildman–Crippen MR) is 74.4 cm³/mol. The smallest absolute Gasteiger partial charge is 0.107 e. The molecule has 4 nitrogen and oxygen atoms in total. The maximum atomic E-state index is 4.44. The minimum absolute atomic E-state index is 0.573. The van der Waals surface area contributed by atoms with E-state index in [0.717, 1.165) is 41.7 Å². The summed E-state index contributed by atoms with van der Waals surface area (Å²) in [4.78, 5) is 4.04. The Labute approximate surface area is 114 Å². The lowest BCUT2D eigenvalue weighted by Gasteiger charge is -2.21. The van der Waals surface area contributed by atoms with Crippen LogP contribution in [0.3, 0.4) is 0 Å². The average molecular weight is 307 g/mol. The van der Waals surface area contributed by atoms with Gasteiger partial charge in [0, 0.05) is 23.9 Å². The molecular weight excluding hydrogens is 292 g/mol. The van der Waals surface area contributed by atoms with Crippen molar-refractivity contribution >= 4 is 15.9 Å². The Kier molecular flexibility index (Phi) is 3.43. The van der Waals surface area contributed by atoms with E-state index in [1.165, 1.54) is 5.69 Å². The highest BCUT2D eigenvalue weighted by Crippen LogP contribution is 2.35. The SMILES string of the molecule is Brc1c(-c2ccncc2)n[nH]c1C1CCNCC1. The number of hydrogen-bond donors (Lipinski definition) is 2. The van der Waals surface area contributed by atoms with Crippen LogP contribution in [0.4, 0.5) is 0 Å². The van der Waals surface area contributed by atoms with E-state index in [9.17, 15) is 0 Å². The molecule has 0 spiro atoms. The quantitative estimate of drug-likeness (QED) is 0.897. The van der Waals surface area contributed by atoms with E-state index in [4.69, 9.17) is 0 Å². The van der Waals surface area contributed by atoms with Crippen LogP contribution in [-0.2, 0) is 0 Å². The number of hydrogen-bond acceptors (Lipinski definition) is 3. The first kappa shape index (κ1) is 11.9. The molecule has 2 aromatic heterocycles. The van der Waals surface area contributed by atoms with E-state index in [-0.39, 0.29) is 0 Å². The van der Waals surface area contributed by atoms with Crippen LogP contribution in [0, 0.1) is 0 Å². The van der Waals surface area contributed by atoms with Crippen LogP contribution in [0.2, 0.25) is 0 Å². The van der Waals surface area contributed by atoms with E-state index >= 15 is 0 Å². The first-order chi connectivity index (χ1) is 8.86. The molecule has 0 amide bonds. The van der Waals surface area contributed by atoms with Gasteiger partial charge in [0.2, 0.25) is 0 Å². The normalized spacial score (nSPS) is 16.9. The van der Waals surface area contributed by atoms with Gasteiger partial charge in [-0.2, -0.15) is 5.10 Å². The molecule has 0 bridgehead atoms. The van der Waals surface area contributed by atoms with Crippen LogP contribution in [0.25, 0.3) is 11.3 Å². The molecule has 5 heteroatoms. The Morgan fingerprint density at radius 3 is 2.61 bits per heavy atom. The van der Waals surface area contributed by atoms with Crippen molar-refractivity contribution in [3.05, 3.63) is 34.7 Å². The molecule has 2 N–H and O–H groups in total. The summed E-state index contributed by atoms with van der Waals surface area (Å²) >= 11 is 3.69. The van der Waals surface area contributed by atoms with Crippen molar-refractivity contribution in [3.63, 3.8) is 0 Å². The molecule has 18 heavy (non-hydrogen) atoms.